The average molecular weight is 428 g/mol. The Morgan fingerprint density at radius 2 is 1.69 bits per heavy atom. The number of nitriles is 1. The molecule has 0 radical (unpaired) electrons. The number of carbonyl (C=O) groups is 3. The summed E-state index contributed by atoms with van der Waals surface area (Å²) >= 11 is 0. The van der Waals surface area contributed by atoms with Gasteiger partial charge in [0.1, 0.15) is 0 Å². The van der Waals surface area contributed by atoms with Gasteiger partial charge in [-0.2, -0.15) is 5.26 Å². The molecule has 1 heterocycles. The standard InChI is InChI=1S/C25H20N2O5/c1-2-31-21-14-16(15-26)11-12-20(21)32-22(28)10-5-13-27-24(29)18-8-3-6-17-7-4-9-19(23(17)18)25(27)30/h3-4,6-9,11-12,14H,2,5,10,13H2,1H3. The fourth-order valence-corrected chi connectivity index (χ4v) is 3.77. The number of carbonyl (C=O) groups excluding carboxylic acids is 3. The lowest BCUT2D eigenvalue weighted by Gasteiger charge is -2.27. The van der Waals surface area contributed by atoms with E-state index in [1.165, 1.54) is 23.1 Å². The van der Waals surface area contributed by atoms with E-state index in [1.54, 1.807) is 31.2 Å². The largest absolute Gasteiger partial charge is 0.490 e. The van der Waals surface area contributed by atoms with Gasteiger partial charge in [-0.15, -0.1) is 0 Å². The van der Waals surface area contributed by atoms with Gasteiger partial charge < -0.3 is 9.47 Å². The van der Waals surface area contributed by atoms with Crippen LogP contribution in [0.15, 0.2) is 54.6 Å². The van der Waals surface area contributed by atoms with Crippen molar-refractivity contribution in [3.63, 3.8) is 0 Å². The van der Waals surface area contributed by atoms with E-state index in [0.717, 1.165) is 5.39 Å². The maximum absolute atomic E-state index is 12.9. The summed E-state index contributed by atoms with van der Waals surface area (Å²) in [5.74, 6) is -0.709. The second-order valence-corrected chi connectivity index (χ2v) is 7.26. The molecule has 0 spiro atoms. The zero-order chi connectivity index (χ0) is 22.7. The van der Waals surface area contributed by atoms with Gasteiger partial charge in [0.15, 0.2) is 11.5 Å². The van der Waals surface area contributed by atoms with Crippen molar-refractivity contribution in [3.05, 3.63) is 71.3 Å². The predicted molar refractivity (Wildman–Crippen MR) is 117 cm³/mol. The molecule has 0 atom stereocenters. The van der Waals surface area contributed by atoms with E-state index in [-0.39, 0.29) is 37.0 Å². The zero-order valence-electron chi connectivity index (χ0n) is 17.5. The van der Waals surface area contributed by atoms with E-state index >= 15 is 0 Å². The van der Waals surface area contributed by atoms with Crippen LogP contribution >= 0.6 is 0 Å². The van der Waals surface area contributed by atoms with Gasteiger partial charge >= 0.3 is 5.97 Å². The zero-order valence-corrected chi connectivity index (χ0v) is 17.5. The molecule has 0 aromatic heterocycles. The monoisotopic (exact) mass is 428 g/mol. The number of hydrogen-bond acceptors (Lipinski definition) is 6. The first-order valence-corrected chi connectivity index (χ1v) is 10.3. The lowest BCUT2D eigenvalue weighted by atomic mass is 9.94. The predicted octanol–water partition coefficient (Wildman–Crippen LogP) is 4.09. The summed E-state index contributed by atoms with van der Waals surface area (Å²) < 4.78 is 10.8. The van der Waals surface area contributed by atoms with Crippen molar-refractivity contribution >= 4 is 28.6 Å². The molecular weight excluding hydrogens is 408 g/mol. The van der Waals surface area contributed by atoms with Crippen LogP contribution in [0.3, 0.4) is 0 Å². The fourth-order valence-electron chi connectivity index (χ4n) is 3.77. The first-order chi connectivity index (χ1) is 15.5. The number of rotatable bonds is 7. The summed E-state index contributed by atoms with van der Waals surface area (Å²) in [7, 11) is 0. The van der Waals surface area contributed by atoms with Gasteiger partial charge in [0, 0.05) is 35.5 Å². The minimum absolute atomic E-state index is 0.00841. The second-order valence-electron chi connectivity index (χ2n) is 7.26. The van der Waals surface area contributed by atoms with Crippen LogP contribution in [0.1, 0.15) is 46.0 Å². The van der Waals surface area contributed by atoms with Crippen molar-refractivity contribution in [3.8, 4) is 17.6 Å². The topological polar surface area (TPSA) is 96.7 Å². The molecule has 0 aliphatic carbocycles. The maximum Gasteiger partial charge on any atom is 0.311 e. The van der Waals surface area contributed by atoms with Gasteiger partial charge in [-0.3, -0.25) is 19.3 Å². The normalized spacial score (nSPS) is 12.6. The van der Waals surface area contributed by atoms with Crippen LogP contribution in [-0.2, 0) is 4.79 Å². The van der Waals surface area contributed by atoms with Crippen molar-refractivity contribution in [2.75, 3.05) is 13.2 Å². The molecule has 3 aromatic rings. The molecule has 0 saturated heterocycles. The third-order valence-corrected chi connectivity index (χ3v) is 5.21. The highest BCUT2D eigenvalue weighted by Crippen LogP contribution is 2.31. The molecule has 4 rings (SSSR count). The van der Waals surface area contributed by atoms with E-state index in [9.17, 15) is 14.4 Å². The summed E-state index contributed by atoms with van der Waals surface area (Å²) in [6.45, 7) is 2.24. The molecule has 1 aliphatic rings. The number of nitrogens with zero attached hydrogens (tertiary/aromatic N) is 2. The van der Waals surface area contributed by atoms with E-state index in [0.29, 0.717) is 34.4 Å². The van der Waals surface area contributed by atoms with Crippen molar-refractivity contribution < 1.29 is 23.9 Å². The number of esters is 1. The number of hydrogen-bond donors (Lipinski definition) is 0. The fraction of sp³-hybridized carbons (Fsp3) is 0.200. The van der Waals surface area contributed by atoms with Crippen LogP contribution in [0, 0.1) is 11.3 Å². The molecule has 7 heteroatoms. The average Bonchev–Trinajstić information content (AvgIpc) is 2.80. The van der Waals surface area contributed by atoms with Crippen LogP contribution in [0.4, 0.5) is 0 Å². The Morgan fingerprint density at radius 3 is 2.31 bits per heavy atom. The molecule has 32 heavy (non-hydrogen) atoms. The Labute approximate surface area is 184 Å². The smallest absolute Gasteiger partial charge is 0.311 e. The number of imide groups is 1. The molecule has 2 amide bonds. The Hall–Kier alpha value is -4.18. The van der Waals surface area contributed by atoms with Crippen LogP contribution in [-0.4, -0.2) is 35.8 Å². The quantitative estimate of drug-likeness (QED) is 0.319. The van der Waals surface area contributed by atoms with Crippen molar-refractivity contribution in [2.24, 2.45) is 0 Å². The Bertz CT molecular complexity index is 1220. The molecule has 0 saturated carbocycles. The highest BCUT2D eigenvalue weighted by atomic mass is 16.6. The molecule has 3 aromatic carbocycles. The molecule has 160 valence electrons. The first-order valence-electron chi connectivity index (χ1n) is 10.3. The van der Waals surface area contributed by atoms with Crippen LogP contribution in [0.2, 0.25) is 0 Å². The van der Waals surface area contributed by atoms with E-state index in [2.05, 4.69) is 0 Å². The Balaban J connectivity index is 1.42. The molecule has 1 aliphatic heterocycles. The third kappa shape index (κ3) is 3.91. The Kier molecular flexibility index (Phi) is 5.86. The van der Waals surface area contributed by atoms with Gasteiger partial charge in [-0.05, 0) is 43.0 Å². The molecule has 0 N–H and O–H groups in total. The van der Waals surface area contributed by atoms with E-state index in [4.69, 9.17) is 14.7 Å². The van der Waals surface area contributed by atoms with Gasteiger partial charge in [-0.1, -0.05) is 24.3 Å². The van der Waals surface area contributed by atoms with Crippen molar-refractivity contribution in [1.82, 2.24) is 4.90 Å². The van der Waals surface area contributed by atoms with Crippen molar-refractivity contribution in [2.45, 2.75) is 19.8 Å². The Morgan fingerprint density at radius 1 is 1.00 bits per heavy atom. The molecule has 0 bridgehead atoms. The van der Waals surface area contributed by atoms with E-state index < -0.39 is 5.97 Å². The third-order valence-electron chi connectivity index (χ3n) is 5.21. The van der Waals surface area contributed by atoms with Gasteiger partial charge in [0.2, 0.25) is 0 Å². The molecular formula is C25H20N2O5. The summed E-state index contributed by atoms with van der Waals surface area (Å²) in [6.07, 6.45) is 0.267. The summed E-state index contributed by atoms with van der Waals surface area (Å²) in [4.78, 5) is 39.3. The van der Waals surface area contributed by atoms with Gasteiger partial charge in [0.25, 0.3) is 11.8 Å². The first kappa shape index (κ1) is 21.1. The SMILES string of the molecule is CCOc1cc(C#N)ccc1OC(=O)CCCN1C(=O)c2cccc3cccc(c23)C1=O. The minimum atomic E-state index is -0.518. The van der Waals surface area contributed by atoms with Crippen LogP contribution < -0.4 is 9.47 Å². The molecule has 0 unspecified atom stereocenters. The summed E-state index contributed by atoms with van der Waals surface area (Å²) in [5, 5.41) is 10.5. The number of amides is 2. The van der Waals surface area contributed by atoms with Crippen molar-refractivity contribution in [1.29, 1.82) is 5.26 Å². The van der Waals surface area contributed by atoms with Crippen LogP contribution in [0.5, 0.6) is 11.5 Å². The highest BCUT2D eigenvalue weighted by Gasteiger charge is 2.32. The maximum atomic E-state index is 12.9. The van der Waals surface area contributed by atoms with Gasteiger partial charge in [0.05, 0.1) is 18.2 Å². The number of benzene rings is 3. The summed E-state index contributed by atoms with van der Waals surface area (Å²) in [5.41, 5.74) is 1.36. The van der Waals surface area contributed by atoms with Crippen LogP contribution in [0.25, 0.3) is 10.8 Å². The number of ether oxygens (including phenoxy) is 2. The lowest BCUT2D eigenvalue weighted by Crippen LogP contribution is -2.41. The highest BCUT2D eigenvalue weighted by molar-refractivity contribution is 6.25. The molecule has 7 nitrogen and oxygen atoms in total. The minimum Gasteiger partial charge on any atom is -0.490 e. The van der Waals surface area contributed by atoms with E-state index in [1.807, 2.05) is 18.2 Å². The molecule has 0 fully saturated rings. The lowest BCUT2D eigenvalue weighted by molar-refractivity contribution is -0.134. The van der Waals surface area contributed by atoms with Gasteiger partial charge in [-0.25, -0.2) is 0 Å². The second kappa shape index (κ2) is 8.90. The summed E-state index contributed by atoms with van der Waals surface area (Å²) in [6, 6.07) is 17.3.